The molecule has 7 heteroatoms. The van der Waals surface area contributed by atoms with Gasteiger partial charge in [-0.05, 0) is 31.0 Å². The van der Waals surface area contributed by atoms with Gasteiger partial charge in [-0.15, -0.1) is 11.3 Å². The molecular weight excluding hydrogens is 372 g/mol. The molecule has 1 aromatic heterocycles. The Hall–Kier alpha value is -3.19. The molecule has 0 saturated heterocycles. The molecule has 2 aromatic carbocycles. The fourth-order valence-corrected chi connectivity index (χ4v) is 3.38. The van der Waals surface area contributed by atoms with E-state index >= 15 is 0 Å². The van der Waals surface area contributed by atoms with Crippen molar-refractivity contribution in [3.8, 4) is 0 Å². The number of benzene rings is 2. The number of aryl methyl sites for hydroxylation is 1. The van der Waals surface area contributed by atoms with Crippen LogP contribution < -0.4 is 16.0 Å². The van der Waals surface area contributed by atoms with E-state index in [-0.39, 0.29) is 18.0 Å². The van der Waals surface area contributed by atoms with Crippen LogP contribution >= 0.6 is 11.3 Å². The zero-order valence-electron chi connectivity index (χ0n) is 15.5. The van der Waals surface area contributed by atoms with Crippen LogP contribution in [0.2, 0.25) is 0 Å². The lowest BCUT2D eigenvalue weighted by Gasteiger charge is -2.13. The minimum Gasteiger partial charge on any atom is -0.350 e. The lowest BCUT2D eigenvalue weighted by atomic mass is 10.1. The van der Waals surface area contributed by atoms with Crippen molar-refractivity contribution in [3.63, 3.8) is 0 Å². The van der Waals surface area contributed by atoms with Crippen molar-refractivity contribution in [2.45, 2.75) is 25.8 Å². The third-order valence-corrected chi connectivity index (χ3v) is 4.90. The minimum atomic E-state index is -0.346. The van der Waals surface area contributed by atoms with E-state index < -0.39 is 0 Å². The predicted octanol–water partition coefficient (Wildman–Crippen LogP) is 4.60. The van der Waals surface area contributed by atoms with Crippen LogP contribution in [0.1, 0.15) is 30.6 Å². The minimum absolute atomic E-state index is 0.0271. The van der Waals surface area contributed by atoms with Crippen LogP contribution in [-0.4, -0.2) is 16.9 Å². The lowest BCUT2D eigenvalue weighted by molar-refractivity contribution is -0.121. The molecule has 0 saturated carbocycles. The highest BCUT2D eigenvalue weighted by atomic mass is 32.1. The summed E-state index contributed by atoms with van der Waals surface area (Å²) >= 11 is 1.34. The van der Waals surface area contributed by atoms with Crippen LogP contribution in [0.25, 0.3) is 0 Å². The average Bonchev–Trinajstić information content (AvgIpc) is 3.15. The zero-order valence-corrected chi connectivity index (χ0v) is 16.3. The first-order valence-corrected chi connectivity index (χ1v) is 9.90. The molecule has 3 aromatic rings. The normalized spacial score (nSPS) is 11.5. The van der Waals surface area contributed by atoms with Gasteiger partial charge in [0.05, 0.1) is 11.7 Å². The Morgan fingerprint density at radius 2 is 1.68 bits per heavy atom. The number of carbonyl (C=O) groups excluding carboxylic acids is 2. The largest absolute Gasteiger partial charge is 0.350 e. The Labute approximate surface area is 168 Å². The number of hydrogen-bond acceptors (Lipinski definition) is 4. The molecule has 0 bridgehead atoms. The molecular formula is C21H22N4O2S. The number of amides is 3. The molecule has 3 rings (SSSR count). The number of hydrogen-bond donors (Lipinski definition) is 3. The third-order valence-electron chi connectivity index (χ3n) is 4.09. The van der Waals surface area contributed by atoms with Gasteiger partial charge < -0.3 is 10.6 Å². The number of para-hydroxylation sites is 1. The number of nitrogens with zero attached hydrogens (tertiary/aromatic N) is 1. The van der Waals surface area contributed by atoms with Crippen molar-refractivity contribution in [3.05, 3.63) is 77.3 Å². The number of rotatable bonds is 7. The summed E-state index contributed by atoms with van der Waals surface area (Å²) in [7, 11) is 0. The van der Waals surface area contributed by atoms with Crippen LogP contribution in [0.15, 0.2) is 66.0 Å². The maximum Gasteiger partial charge on any atom is 0.325 e. The molecule has 3 N–H and O–H groups in total. The average molecular weight is 395 g/mol. The maximum atomic E-state index is 12.2. The van der Waals surface area contributed by atoms with E-state index in [2.05, 4.69) is 20.9 Å². The molecule has 0 aliphatic heterocycles. The van der Waals surface area contributed by atoms with Gasteiger partial charge in [-0.3, -0.25) is 10.1 Å². The van der Waals surface area contributed by atoms with E-state index in [1.807, 2.05) is 73.0 Å². The van der Waals surface area contributed by atoms with Gasteiger partial charge in [0.2, 0.25) is 5.91 Å². The topological polar surface area (TPSA) is 83.1 Å². The number of aromatic nitrogens is 1. The molecule has 3 amide bonds. The number of carbonyl (C=O) groups is 2. The summed E-state index contributed by atoms with van der Waals surface area (Å²) in [5, 5.41) is 10.8. The summed E-state index contributed by atoms with van der Waals surface area (Å²) in [6.45, 7) is 1.96. The first kappa shape index (κ1) is 19.6. The molecule has 6 nitrogen and oxygen atoms in total. The maximum absolute atomic E-state index is 12.2. The van der Waals surface area contributed by atoms with Crippen molar-refractivity contribution < 1.29 is 9.59 Å². The van der Waals surface area contributed by atoms with E-state index in [4.69, 9.17) is 0 Å². The van der Waals surface area contributed by atoms with Gasteiger partial charge in [0.1, 0.15) is 0 Å². The van der Waals surface area contributed by atoms with E-state index in [0.29, 0.717) is 23.7 Å². The lowest BCUT2D eigenvalue weighted by Crippen LogP contribution is -2.26. The molecule has 0 aliphatic carbocycles. The molecule has 28 heavy (non-hydrogen) atoms. The quantitative estimate of drug-likeness (QED) is 0.548. The number of thiazole rings is 1. The summed E-state index contributed by atoms with van der Waals surface area (Å²) in [6.07, 6.45) is 0.863. The van der Waals surface area contributed by atoms with Crippen LogP contribution in [0.5, 0.6) is 0 Å². The van der Waals surface area contributed by atoms with Crippen LogP contribution in [0.4, 0.5) is 15.6 Å². The second-order valence-corrected chi connectivity index (χ2v) is 7.15. The first-order valence-electron chi connectivity index (χ1n) is 9.02. The summed E-state index contributed by atoms with van der Waals surface area (Å²) in [4.78, 5) is 28.5. The molecule has 0 unspecified atom stereocenters. The zero-order chi connectivity index (χ0) is 19.8. The Kier molecular flexibility index (Phi) is 6.75. The predicted molar refractivity (Wildman–Crippen MR) is 113 cm³/mol. The SMILES string of the molecule is C[C@@H](NC(=O)CCc1csc(NC(=O)Nc2ccccc2)n1)c1ccccc1. The van der Waals surface area contributed by atoms with Crippen molar-refractivity contribution in [1.29, 1.82) is 0 Å². The van der Waals surface area contributed by atoms with Crippen molar-refractivity contribution in [1.82, 2.24) is 10.3 Å². The fourth-order valence-electron chi connectivity index (χ4n) is 2.64. The van der Waals surface area contributed by atoms with Gasteiger partial charge in [0.15, 0.2) is 5.13 Å². The highest BCUT2D eigenvalue weighted by Gasteiger charge is 2.11. The molecule has 0 aliphatic rings. The Bertz CT molecular complexity index is 912. The fraction of sp³-hybridized carbons (Fsp3) is 0.190. The summed E-state index contributed by atoms with van der Waals surface area (Å²) in [6, 6.07) is 18.6. The van der Waals surface area contributed by atoms with Crippen molar-refractivity contribution >= 4 is 34.1 Å². The second kappa shape index (κ2) is 9.66. The molecule has 144 valence electrons. The van der Waals surface area contributed by atoms with E-state index in [1.54, 1.807) is 0 Å². The van der Waals surface area contributed by atoms with Gasteiger partial charge >= 0.3 is 6.03 Å². The van der Waals surface area contributed by atoms with Gasteiger partial charge in [0, 0.05) is 17.5 Å². The highest BCUT2D eigenvalue weighted by Crippen LogP contribution is 2.18. The van der Waals surface area contributed by atoms with Gasteiger partial charge in [0.25, 0.3) is 0 Å². The van der Waals surface area contributed by atoms with Crippen molar-refractivity contribution in [2.24, 2.45) is 0 Å². The summed E-state index contributed by atoms with van der Waals surface area (Å²) < 4.78 is 0. The molecule has 1 atom stereocenters. The Morgan fingerprint density at radius 3 is 2.39 bits per heavy atom. The third kappa shape index (κ3) is 5.92. The molecule has 0 radical (unpaired) electrons. The van der Waals surface area contributed by atoms with Crippen LogP contribution in [-0.2, 0) is 11.2 Å². The smallest absolute Gasteiger partial charge is 0.325 e. The van der Waals surface area contributed by atoms with E-state index in [1.165, 1.54) is 11.3 Å². The number of urea groups is 1. The monoisotopic (exact) mass is 394 g/mol. The second-order valence-electron chi connectivity index (χ2n) is 6.29. The highest BCUT2D eigenvalue weighted by molar-refractivity contribution is 7.13. The van der Waals surface area contributed by atoms with Crippen LogP contribution in [0.3, 0.4) is 0 Å². The van der Waals surface area contributed by atoms with E-state index in [9.17, 15) is 9.59 Å². The van der Waals surface area contributed by atoms with Gasteiger partial charge in [-0.25, -0.2) is 9.78 Å². The van der Waals surface area contributed by atoms with Crippen LogP contribution in [0, 0.1) is 0 Å². The number of nitrogens with one attached hydrogen (secondary N) is 3. The summed E-state index contributed by atoms with van der Waals surface area (Å²) in [5.74, 6) is -0.0271. The molecule has 1 heterocycles. The van der Waals surface area contributed by atoms with Gasteiger partial charge in [-0.2, -0.15) is 0 Å². The standard InChI is InChI=1S/C21H22N4O2S/c1-15(16-8-4-2-5-9-16)22-19(26)13-12-18-14-28-21(24-18)25-20(27)23-17-10-6-3-7-11-17/h2-11,14-15H,12-13H2,1H3,(H,22,26)(H2,23,24,25,27)/t15-/m1/s1. The first-order chi connectivity index (χ1) is 13.6. The van der Waals surface area contributed by atoms with Gasteiger partial charge in [-0.1, -0.05) is 48.5 Å². The Balaban J connectivity index is 1.44. The number of anilines is 2. The van der Waals surface area contributed by atoms with Crippen molar-refractivity contribution in [2.75, 3.05) is 10.6 Å². The summed E-state index contributed by atoms with van der Waals surface area (Å²) in [5.41, 5.74) is 2.56. The van der Waals surface area contributed by atoms with E-state index in [0.717, 1.165) is 11.3 Å². The Morgan fingerprint density at radius 1 is 1.00 bits per heavy atom. The molecule has 0 spiro atoms. The molecule has 0 fully saturated rings.